The Balaban J connectivity index is 1.33. The van der Waals surface area contributed by atoms with Gasteiger partial charge in [0.15, 0.2) is 18.1 Å². The van der Waals surface area contributed by atoms with Crippen molar-refractivity contribution in [3.63, 3.8) is 0 Å². The summed E-state index contributed by atoms with van der Waals surface area (Å²) in [4.78, 5) is 26.4. The highest BCUT2D eigenvalue weighted by molar-refractivity contribution is 5.85. The molecule has 3 aromatic rings. The van der Waals surface area contributed by atoms with Gasteiger partial charge in [0.2, 0.25) is 6.79 Å². The first-order valence-corrected chi connectivity index (χ1v) is 13.0. The molecule has 3 aromatic carbocycles. The number of carboxylic acids is 1. The third-order valence-corrected chi connectivity index (χ3v) is 7.54. The number of amides is 1. The Kier molecular flexibility index (Phi) is 7.49. The van der Waals surface area contributed by atoms with Crippen molar-refractivity contribution in [3.8, 4) is 17.2 Å². The SMILES string of the molecule is CN(C(=O)COc1ccc2ccc(C(CC(=O)O)c3ccc4c(c3)OCO4)cc2c1)C1CCCCCC1. The van der Waals surface area contributed by atoms with E-state index in [0.717, 1.165) is 34.7 Å². The number of hydrogen-bond acceptors (Lipinski definition) is 5. The maximum absolute atomic E-state index is 12.8. The van der Waals surface area contributed by atoms with Gasteiger partial charge in [-0.2, -0.15) is 0 Å². The van der Waals surface area contributed by atoms with Crippen molar-refractivity contribution in [2.75, 3.05) is 20.4 Å². The summed E-state index contributed by atoms with van der Waals surface area (Å²) in [6.07, 6.45) is 6.90. The number of carbonyl (C=O) groups is 2. The number of fused-ring (bicyclic) bond motifs is 2. The maximum atomic E-state index is 12.8. The summed E-state index contributed by atoms with van der Waals surface area (Å²) in [5.41, 5.74) is 1.74. The van der Waals surface area contributed by atoms with Gasteiger partial charge >= 0.3 is 5.97 Å². The Labute approximate surface area is 216 Å². The largest absolute Gasteiger partial charge is 0.484 e. The fraction of sp³-hybridized carbons (Fsp3) is 0.400. The van der Waals surface area contributed by atoms with Gasteiger partial charge in [0.1, 0.15) is 5.75 Å². The van der Waals surface area contributed by atoms with Gasteiger partial charge in [-0.1, -0.05) is 56.0 Å². The predicted molar refractivity (Wildman–Crippen MR) is 140 cm³/mol. The van der Waals surface area contributed by atoms with Crippen LogP contribution in [0.2, 0.25) is 0 Å². The van der Waals surface area contributed by atoms with Crippen LogP contribution in [0.3, 0.4) is 0 Å². The number of ether oxygens (including phenoxy) is 3. The fourth-order valence-electron chi connectivity index (χ4n) is 5.38. The fourth-order valence-corrected chi connectivity index (χ4v) is 5.38. The van der Waals surface area contributed by atoms with E-state index in [2.05, 4.69) is 0 Å². The molecular formula is C30H33NO6. The van der Waals surface area contributed by atoms with Gasteiger partial charge in [0.25, 0.3) is 5.91 Å². The first-order valence-electron chi connectivity index (χ1n) is 13.0. The molecule has 5 rings (SSSR count). The zero-order valence-electron chi connectivity index (χ0n) is 21.2. The van der Waals surface area contributed by atoms with Crippen LogP contribution in [-0.2, 0) is 9.59 Å². The molecule has 1 heterocycles. The molecule has 7 heteroatoms. The lowest BCUT2D eigenvalue weighted by Gasteiger charge is -2.27. The van der Waals surface area contributed by atoms with Crippen LogP contribution in [0.1, 0.15) is 62.0 Å². The average molecular weight is 504 g/mol. The molecular weight excluding hydrogens is 470 g/mol. The second-order valence-corrected chi connectivity index (χ2v) is 9.97. The summed E-state index contributed by atoms with van der Waals surface area (Å²) in [6, 6.07) is 17.6. The van der Waals surface area contributed by atoms with E-state index in [9.17, 15) is 14.7 Å². The normalized spacial score (nSPS) is 16.2. The number of aliphatic carboxylic acids is 1. The second kappa shape index (κ2) is 11.1. The van der Waals surface area contributed by atoms with E-state index < -0.39 is 5.97 Å². The van der Waals surface area contributed by atoms with Crippen LogP contribution in [-0.4, -0.2) is 48.4 Å². The zero-order chi connectivity index (χ0) is 25.8. The topological polar surface area (TPSA) is 85.3 Å². The molecule has 0 saturated heterocycles. The van der Waals surface area contributed by atoms with Crippen molar-refractivity contribution in [1.82, 2.24) is 4.90 Å². The molecule has 0 radical (unpaired) electrons. The number of nitrogens with zero attached hydrogens (tertiary/aromatic N) is 1. The summed E-state index contributed by atoms with van der Waals surface area (Å²) in [5.74, 6) is 0.669. The Morgan fingerprint density at radius 2 is 1.62 bits per heavy atom. The standard InChI is InChI=1S/C30H33NO6/c1-31(24-6-4-2-3-5-7-24)29(32)18-35-25-12-10-20-8-9-21(14-23(20)15-25)26(17-30(33)34)22-11-13-27-28(16-22)37-19-36-27/h8-16,24,26H,2-7,17-19H2,1H3,(H,33,34). The average Bonchev–Trinajstić information content (AvgIpc) is 3.21. The minimum atomic E-state index is -0.879. The summed E-state index contributed by atoms with van der Waals surface area (Å²) in [5, 5.41) is 11.6. The quantitative estimate of drug-likeness (QED) is 0.395. The van der Waals surface area contributed by atoms with Crippen LogP contribution in [0.25, 0.3) is 10.8 Å². The molecule has 1 N–H and O–H groups in total. The summed E-state index contributed by atoms with van der Waals surface area (Å²) in [6.45, 7) is 0.164. The molecule has 1 aliphatic heterocycles. The molecule has 1 aliphatic carbocycles. The van der Waals surface area contributed by atoms with Crippen LogP contribution in [0.5, 0.6) is 17.2 Å². The highest BCUT2D eigenvalue weighted by Gasteiger charge is 2.23. The number of carbonyl (C=O) groups excluding carboxylic acids is 1. The Morgan fingerprint density at radius 1 is 0.919 bits per heavy atom. The van der Waals surface area contributed by atoms with Crippen molar-refractivity contribution in [1.29, 1.82) is 0 Å². The van der Waals surface area contributed by atoms with Crippen LogP contribution >= 0.6 is 0 Å². The Hall–Kier alpha value is -3.74. The summed E-state index contributed by atoms with van der Waals surface area (Å²) in [7, 11) is 1.88. The van der Waals surface area contributed by atoms with Crippen molar-refractivity contribution in [2.24, 2.45) is 0 Å². The number of hydrogen-bond donors (Lipinski definition) is 1. The highest BCUT2D eigenvalue weighted by Crippen LogP contribution is 2.38. The number of likely N-dealkylation sites (N-methyl/N-ethyl adjacent to an activating group) is 1. The minimum Gasteiger partial charge on any atom is -0.484 e. The molecule has 1 atom stereocenters. The van der Waals surface area contributed by atoms with E-state index in [1.807, 2.05) is 66.5 Å². The molecule has 1 amide bonds. The molecule has 2 aliphatic rings. The van der Waals surface area contributed by atoms with Crippen molar-refractivity contribution in [2.45, 2.75) is 56.9 Å². The van der Waals surface area contributed by atoms with Gasteiger partial charge in [-0.25, -0.2) is 0 Å². The maximum Gasteiger partial charge on any atom is 0.304 e. The third-order valence-electron chi connectivity index (χ3n) is 7.54. The molecule has 37 heavy (non-hydrogen) atoms. The predicted octanol–water partition coefficient (Wildman–Crippen LogP) is 5.74. The molecule has 0 aromatic heterocycles. The molecule has 0 bridgehead atoms. The lowest BCUT2D eigenvalue weighted by atomic mass is 9.87. The second-order valence-electron chi connectivity index (χ2n) is 9.97. The molecule has 194 valence electrons. The van der Waals surface area contributed by atoms with E-state index >= 15 is 0 Å². The summed E-state index contributed by atoms with van der Waals surface area (Å²) >= 11 is 0. The van der Waals surface area contributed by atoms with Crippen molar-refractivity contribution < 1.29 is 28.9 Å². The molecule has 1 saturated carbocycles. The number of rotatable bonds is 8. The molecule has 1 unspecified atom stereocenters. The van der Waals surface area contributed by atoms with Gasteiger partial charge < -0.3 is 24.2 Å². The minimum absolute atomic E-state index is 0.00294. The molecule has 7 nitrogen and oxygen atoms in total. The first-order chi connectivity index (χ1) is 18.0. The molecule has 1 fully saturated rings. The lowest BCUT2D eigenvalue weighted by Crippen LogP contribution is -2.39. The first kappa shape index (κ1) is 24.9. The summed E-state index contributed by atoms with van der Waals surface area (Å²) < 4.78 is 16.8. The van der Waals surface area contributed by atoms with Gasteiger partial charge in [-0.05, 0) is 59.0 Å². The van der Waals surface area contributed by atoms with E-state index in [1.54, 1.807) is 0 Å². The van der Waals surface area contributed by atoms with Crippen LogP contribution in [0.15, 0.2) is 54.6 Å². The lowest BCUT2D eigenvalue weighted by molar-refractivity contribution is -0.137. The van der Waals surface area contributed by atoms with E-state index in [4.69, 9.17) is 14.2 Å². The van der Waals surface area contributed by atoms with Crippen LogP contribution in [0, 0.1) is 0 Å². The Bertz CT molecular complexity index is 1280. The van der Waals surface area contributed by atoms with E-state index in [1.165, 1.54) is 25.7 Å². The van der Waals surface area contributed by atoms with E-state index in [0.29, 0.717) is 23.3 Å². The number of carboxylic acid groups (broad SMARTS) is 1. The monoisotopic (exact) mass is 503 g/mol. The smallest absolute Gasteiger partial charge is 0.304 e. The van der Waals surface area contributed by atoms with Gasteiger partial charge in [0.05, 0.1) is 6.42 Å². The third kappa shape index (κ3) is 5.82. The van der Waals surface area contributed by atoms with Crippen molar-refractivity contribution >= 4 is 22.6 Å². The van der Waals surface area contributed by atoms with Crippen molar-refractivity contribution in [3.05, 3.63) is 65.7 Å². The van der Waals surface area contributed by atoms with Gasteiger partial charge in [0, 0.05) is 19.0 Å². The molecule has 0 spiro atoms. The van der Waals surface area contributed by atoms with Crippen LogP contribution in [0.4, 0.5) is 0 Å². The Morgan fingerprint density at radius 3 is 2.41 bits per heavy atom. The zero-order valence-corrected chi connectivity index (χ0v) is 21.2. The van der Waals surface area contributed by atoms with Gasteiger partial charge in [-0.3, -0.25) is 9.59 Å². The van der Waals surface area contributed by atoms with Crippen LogP contribution < -0.4 is 14.2 Å². The van der Waals surface area contributed by atoms with E-state index in [-0.39, 0.29) is 31.6 Å². The van der Waals surface area contributed by atoms with Gasteiger partial charge in [-0.15, -0.1) is 0 Å². The number of benzene rings is 3. The highest BCUT2D eigenvalue weighted by atomic mass is 16.7.